The number of carboxylic acid groups (broad SMARTS) is 1. The van der Waals surface area contributed by atoms with Gasteiger partial charge in [-0.2, -0.15) is 17.5 Å². The maximum absolute atomic E-state index is 12.9. The van der Waals surface area contributed by atoms with Crippen LogP contribution in [-0.2, 0) is 27.5 Å². The monoisotopic (exact) mass is 484 g/mol. The van der Waals surface area contributed by atoms with E-state index in [9.17, 15) is 31.2 Å². The van der Waals surface area contributed by atoms with Gasteiger partial charge in [-0.15, -0.1) is 0 Å². The summed E-state index contributed by atoms with van der Waals surface area (Å²) in [5, 5.41) is 9.14. The van der Waals surface area contributed by atoms with E-state index in [0.717, 1.165) is 28.8 Å². The average Bonchev–Trinajstić information content (AvgIpc) is 3.04. The molecule has 0 spiro atoms. The highest BCUT2D eigenvalue weighted by Crippen LogP contribution is 2.32. The number of alkyl halides is 3. The molecular weight excluding hydrogens is 465 g/mol. The van der Waals surface area contributed by atoms with Crippen molar-refractivity contribution in [1.29, 1.82) is 0 Å². The van der Waals surface area contributed by atoms with Crippen molar-refractivity contribution >= 4 is 27.2 Å². The minimum Gasteiger partial charge on any atom is -0.480 e. The summed E-state index contributed by atoms with van der Waals surface area (Å²) >= 11 is 0. The van der Waals surface area contributed by atoms with Gasteiger partial charge in [0.25, 0.3) is 0 Å². The molecule has 0 amide bonds. The second kappa shape index (κ2) is 8.30. The van der Waals surface area contributed by atoms with Crippen LogP contribution in [0.1, 0.15) is 24.4 Å². The Balaban J connectivity index is 1.57. The predicted octanol–water partition coefficient (Wildman–Crippen LogP) is 2.33. The van der Waals surface area contributed by atoms with Crippen LogP contribution in [0.15, 0.2) is 52.3 Å². The second-order valence-electron chi connectivity index (χ2n) is 7.64. The smallest absolute Gasteiger partial charge is 0.416 e. The summed E-state index contributed by atoms with van der Waals surface area (Å²) in [6.45, 7) is -0.451. The van der Waals surface area contributed by atoms with Crippen LogP contribution in [0.4, 0.5) is 13.2 Å². The number of hydrogen-bond donors (Lipinski definition) is 1. The van der Waals surface area contributed by atoms with E-state index >= 15 is 0 Å². The molecule has 0 aliphatic carbocycles. The number of pyridine rings is 1. The Morgan fingerprint density at radius 3 is 2.33 bits per heavy atom. The Kier molecular flexibility index (Phi) is 5.78. The first kappa shape index (κ1) is 23.0. The Morgan fingerprint density at radius 2 is 1.76 bits per heavy atom. The van der Waals surface area contributed by atoms with Crippen molar-refractivity contribution in [2.24, 2.45) is 0 Å². The lowest BCUT2D eigenvalue weighted by Crippen LogP contribution is -2.41. The number of piperidine rings is 1. The molecule has 1 aliphatic heterocycles. The minimum atomic E-state index is -4.57. The van der Waals surface area contributed by atoms with Crippen molar-refractivity contribution in [3.05, 3.63) is 58.6 Å². The average molecular weight is 484 g/mol. The van der Waals surface area contributed by atoms with Crippen LogP contribution in [0.25, 0.3) is 11.2 Å². The molecule has 0 unspecified atom stereocenters. The van der Waals surface area contributed by atoms with Crippen LogP contribution in [0.2, 0.25) is 0 Å². The number of carbonyl (C=O) groups is 1. The molecular formula is C20H19F3N4O5S. The molecule has 176 valence electrons. The van der Waals surface area contributed by atoms with Gasteiger partial charge in [0, 0.05) is 25.3 Å². The highest BCUT2D eigenvalue weighted by Gasteiger charge is 2.34. The molecule has 1 aliphatic rings. The molecule has 1 fully saturated rings. The topological polar surface area (TPSA) is 114 Å². The van der Waals surface area contributed by atoms with Gasteiger partial charge in [0.2, 0.25) is 10.0 Å². The Bertz CT molecular complexity index is 1360. The fraction of sp³-hybridized carbons (Fsp3) is 0.350. The minimum absolute atomic E-state index is 0.0406. The standard InChI is InChI=1S/C20H19F3N4O5S/c21-20(22,23)13-3-5-15(6-4-13)33(31,32)25-10-7-14(8-11-25)27-18-16(2-1-9-24-18)26(19(27)30)12-17(28)29/h1-6,9,14H,7-8,10-12H2,(H,28,29). The van der Waals surface area contributed by atoms with Gasteiger partial charge >= 0.3 is 17.8 Å². The molecule has 0 radical (unpaired) electrons. The van der Waals surface area contributed by atoms with E-state index in [1.807, 2.05) is 0 Å². The number of rotatable bonds is 5. The van der Waals surface area contributed by atoms with Gasteiger partial charge in [-0.1, -0.05) is 0 Å². The number of carboxylic acids is 1. The summed E-state index contributed by atoms with van der Waals surface area (Å²) < 4.78 is 67.7. The number of benzene rings is 1. The molecule has 3 aromatic rings. The van der Waals surface area contributed by atoms with E-state index in [2.05, 4.69) is 4.98 Å². The fourth-order valence-electron chi connectivity index (χ4n) is 4.03. The molecule has 2 aromatic heterocycles. The number of sulfonamides is 1. The van der Waals surface area contributed by atoms with Crippen molar-refractivity contribution in [2.75, 3.05) is 13.1 Å². The van der Waals surface area contributed by atoms with Crippen molar-refractivity contribution in [2.45, 2.75) is 36.5 Å². The quantitative estimate of drug-likeness (QED) is 0.595. The molecule has 33 heavy (non-hydrogen) atoms. The first-order chi connectivity index (χ1) is 15.5. The largest absolute Gasteiger partial charge is 0.480 e. The van der Waals surface area contributed by atoms with E-state index in [0.29, 0.717) is 11.2 Å². The maximum Gasteiger partial charge on any atom is 0.416 e. The van der Waals surface area contributed by atoms with Gasteiger partial charge in [0.05, 0.1) is 16.0 Å². The summed E-state index contributed by atoms with van der Waals surface area (Å²) in [6.07, 6.45) is -2.58. The van der Waals surface area contributed by atoms with E-state index in [-0.39, 0.29) is 30.8 Å². The lowest BCUT2D eigenvalue weighted by atomic mass is 10.1. The van der Waals surface area contributed by atoms with Crippen molar-refractivity contribution in [3.8, 4) is 0 Å². The molecule has 0 saturated carbocycles. The van der Waals surface area contributed by atoms with Gasteiger partial charge in [0.15, 0.2) is 5.65 Å². The molecule has 1 N–H and O–H groups in total. The number of aliphatic carboxylic acids is 1. The number of nitrogens with zero attached hydrogens (tertiary/aromatic N) is 4. The molecule has 4 rings (SSSR count). The zero-order valence-electron chi connectivity index (χ0n) is 17.1. The highest BCUT2D eigenvalue weighted by atomic mass is 32.2. The zero-order chi connectivity index (χ0) is 24.0. The Labute approximate surface area is 185 Å². The van der Waals surface area contributed by atoms with Gasteiger partial charge < -0.3 is 5.11 Å². The van der Waals surface area contributed by atoms with E-state index in [1.165, 1.54) is 15.1 Å². The van der Waals surface area contributed by atoms with Gasteiger partial charge in [0.1, 0.15) is 6.54 Å². The molecule has 13 heteroatoms. The molecule has 0 atom stereocenters. The number of hydrogen-bond acceptors (Lipinski definition) is 5. The van der Waals surface area contributed by atoms with Crippen LogP contribution < -0.4 is 5.69 Å². The zero-order valence-corrected chi connectivity index (χ0v) is 17.9. The fourth-order valence-corrected chi connectivity index (χ4v) is 5.50. The molecule has 9 nitrogen and oxygen atoms in total. The number of fused-ring (bicyclic) bond motifs is 1. The number of imidazole rings is 1. The maximum atomic E-state index is 12.9. The van der Waals surface area contributed by atoms with Crippen molar-refractivity contribution in [1.82, 2.24) is 18.4 Å². The van der Waals surface area contributed by atoms with E-state index in [1.54, 1.807) is 12.1 Å². The normalized spacial score (nSPS) is 16.3. The van der Waals surface area contributed by atoms with Gasteiger partial charge in [-0.05, 0) is 49.2 Å². The van der Waals surface area contributed by atoms with Gasteiger partial charge in [-0.25, -0.2) is 18.2 Å². The molecule has 1 saturated heterocycles. The predicted molar refractivity (Wildman–Crippen MR) is 110 cm³/mol. The van der Waals surface area contributed by atoms with E-state index in [4.69, 9.17) is 5.11 Å². The third-order valence-electron chi connectivity index (χ3n) is 5.62. The lowest BCUT2D eigenvalue weighted by Gasteiger charge is -2.31. The van der Waals surface area contributed by atoms with Crippen LogP contribution in [-0.4, -0.2) is 51.0 Å². The number of halogens is 3. The van der Waals surface area contributed by atoms with Crippen molar-refractivity contribution < 1.29 is 31.5 Å². The third-order valence-corrected chi connectivity index (χ3v) is 7.54. The first-order valence-corrected chi connectivity index (χ1v) is 11.4. The van der Waals surface area contributed by atoms with E-state index < -0.39 is 46.0 Å². The SMILES string of the molecule is O=C(O)Cn1c(=O)n(C2CCN(S(=O)(=O)c3ccc(C(F)(F)F)cc3)CC2)c2ncccc21. The molecule has 0 bridgehead atoms. The third kappa shape index (κ3) is 4.25. The lowest BCUT2D eigenvalue weighted by molar-refractivity contribution is -0.138. The molecule has 3 heterocycles. The number of aromatic nitrogens is 3. The molecule has 1 aromatic carbocycles. The Morgan fingerprint density at radius 1 is 1.12 bits per heavy atom. The van der Waals surface area contributed by atoms with Crippen LogP contribution in [0.3, 0.4) is 0 Å². The Hall–Kier alpha value is -3.19. The second-order valence-corrected chi connectivity index (χ2v) is 9.57. The highest BCUT2D eigenvalue weighted by molar-refractivity contribution is 7.89. The summed E-state index contributed by atoms with van der Waals surface area (Å²) in [6, 6.07) is 6.07. The summed E-state index contributed by atoms with van der Waals surface area (Å²) in [5.41, 5.74) is -0.808. The summed E-state index contributed by atoms with van der Waals surface area (Å²) in [4.78, 5) is 28.1. The van der Waals surface area contributed by atoms with Crippen LogP contribution in [0.5, 0.6) is 0 Å². The summed E-state index contributed by atoms with van der Waals surface area (Å²) in [7, 11) is -4.01. The van der Waals surface area contributed by atoms with Crippen molar-refractivity contribution in [3.63, 3.8) is 0 Å². The first-order valence-electron chi connectivity index (χ1n) is 9.95. The van der Waals surface area contributed by atoms with Crippen LogP contribution >= 0.6 is 0 Å². The van der Waals surface area contributed by atoms with Crippen LogP contribution in [0, 0.1) is 0 Å². The summed E-state index contributed by atoms with van der Waals surface area (Å²) in [5.74, 6) is -1.18. The van der Waals surface area contributed by atoms with Gasteiger partial charge in [-0.3, -0.25) is 13.9 Å².